The third kappa shape index (κ3) is 11.1. The van der Waals surface area contributed by atoms with Gasteiger partial charge in [0.05, 0.1) is 29.3 Å². The highest BCUT2D eigenvalue weighted by Gasteiger charge is 2.30. The lowest BCUT2D eigenvalue weighted by molar-refractivity contribution is 0.0370. The van der Waals surface area contributed by atoms with Gasteiger partial charge in [0.15, 0.2) is 5.82 Å². The monoisotopic (exact) mass is 894 g/mol. The second kappa shape index (κ2) is 19.9. The summed E-state index contributed by atoms with van der Waals surface area (Å²) >= 11 is 7.96. The maximum atomic E-state index is 13.8. The van der Waals surface area contributed by atoms with Gasteiger partial charge in [0.2, 0.25) is 0 Å². The van der Waals surface area contributed by atoms with Crippen LogP contribution in [0.15, 0.2) is 118 Å². The van der Waals surface area contributed by atoms with Crippen LogP contribution in [0.1, 0.15) is 45.1 Å². The molecule has 1 aromatic heterocycles. The normalized spacial score (nSPS) is 18.1. The number of morpholine rings is 1. The Morgan fingerprint density at radius 2 is 1.68 bits per heavy atom. The number of fused-ring (bicyclic) bond motifs is 1. The molecule has 0 amide bonds. The number of benzene rings is 4. The van der Waals surface area contributed by atoms with E-state index in [0.29, 0.717) is 16.6 Å². The summed E-state index contributed by atoms with van der Waals surface area (Å²) in [6.07, 6.45) is 5.53. The van der Waals surface area contributed by atoms with Crippen LogP contribution in [0.5, 0.6) is 0 Å². The van der Waals surface area contributed by atoms with E-state index >= 15 is 0 Å². The maximum absolute atomic E-state index is 13.8. The number of piperazine rings is 1. The zero-order valence-electron chi connectivity index (χ0n) is 35.4. The third-order valence-corrected chi connectivity index (χ3v) is 15.0. The van der Waals surface area contributed by atoms with Gasteiger partial charge in [-0.15, -0.1) is 16.7 Å². The quantitative estimate of drug-likeness (QED) is 0.0725. The minimum Gasteiger partial charge on any atom is -0.380 e. The molecule has 4 aromatic carbocycles. The molecule has 0 bridgehead atoms. The molecule has 2 aliphatic heterocycles. The number of halogens is 1. The van der Waals surface area contributed by atoms with Gasteiger partial charge in [-0.1, -0.05) is 61.4 Å². The molecule has 0 radical (unpaired) electrons. The number of nitrogens with zero attached hydrogens (tertiary/aromatic N) is 6. The molecular formula is C47H55ClN8O4S2. The Bertz CT molecular complexity index is 2480. The van der Waals surface area contributed by atoms with Gasteiger partial charge in [-0.05, 0) is 108 Å². The molecule has 0 saturated carbocycles. The summed E-state index contributed by atoms with van der Waals surface area (Å²) in [5.74, 6) is 0.909. The Labute approximate surface area is 374 Å². The van der Waals surface area contributed by atoms with Crippen molar-refractivity contribution in [1.82, 2.24) is 19.8 Å². The van der Waals surface area contributed by atoms with Gasteiger partial charge in [0, 0.05) is 85.1 Å². The van der Waals surface area contributed by atoms with Crippen molar-refractivity contribution in [2.45, 2.75) is 55.4 Å². The number of nitroso groups, excluding NO2 is 1. The molecule has 326 valence electrons. The molecule has 1 aliphatic carbocycles. The van der Waals surface area contributed by atoms with Crippen molar-refractivity contribution in [2.24, 2.45) is 10.6 Å². The Kier molecular flexibility index (Phi) is 14.1. The number of ether oxygens (including phenoxy) is 1. The number of rotatable bonds is 16. The molecule has 2 N–H and O–H groups in total. The smallest absolute Gasteiger partial charge is 0.263 e. The molecule has 2 saturated heterocycles. The first-order valence-corrected chi connectivity index (χ1v) is 24.3. The maximum Gasteiger partial charge on any atom is 0.263 e. The van der Waals surface area contributed by atoms with Crippen LogP contribution < -0.4 is 14.9 Å². The molecule has 8 rings (SSSR count). The first-order chi connectivity index (χ1) is 30.0. The Balaban J connectivity index is 0.923. The van der Waals surface area contributed by atoms with E-state index in [9.17, 15) is 13.3 Å². The minimum atomic E-state index is -4.15. The summed E-state index contributed by atoms with van der Waals surface area (Å²) in [5.41, 5.74) is 6.71. The molecule has 12 nitrogen and oxygen atoms in total. The van der Waals surface area contributed by atoms with E-state index in [1.807, 2.05) is 48.5 Å². The average Bonchev–Trinajstić information content (AvgIpc) is 3.28. The fraction of sp³-hybridized carbons (Fsp3) is 0.404. The number of aromatic nitrogens is 2. The van der Waals surface area contributed by atoms with Crippen molar-refractivity contribution in [3.63, 3.8) is 0 Å². The molecule has 1 atom stereocenters. The van der Waals surface area contributed by atoms with Gasteiger partial charge in [0.25, 0.3) is 10.0 Å². The summed E-state index contributed by atoms with van der Waals surface area (Å²) in [6, 6.07) is 28.8. The first-order valence-electron chi connectivity index (χ1n) is 21.5. The van der Waals surface area contributed by atoms with E-state index < -0.39 is 10.0 Å². The van der Waals surface area contributed by atoms with Crippen LogP contribution in [0.2, 0.25) is 5.02 Å². The Morgan fingerprint density at radius 1 is 0.903 bits per heavy atom. The van der Waals surface area contributed by atoms with E-state index in [4.69, 9.17) is 16.3 Å². The number of sulfonamides is 1. The van der Waals surface area contributed by atoms with Crippen LogP contribution in [0.3, 0.4) is 0 Å². The summed E-state index contributed by atoms with van der Waals surface area (Å²) in [6.45, 7) is 13.3. The fourth-order valence-corrected chi connectivity index (χ4v) is 10.8. The van der Waals surface area contributed by atoms with Gasteiger partial charge < -0.3 is 15.0 Å². The SMILES string of the molecule is CC1(C)CCC(c2ccc(Cl)cc2)=C(CN2CCN(c3ccc4c(NS(=O)(=O)c5ccc(N[C@H](CCN6CCOCC6)CSc6ccccc6)c(N=O)c5)ncnc4c3)CC2)C1. The zero-order valence-corrected chi connectivity index (χ0v) is 37.8. The highest BCUT2D eigenvalue weighted by atomic mass is 35.5. The van der Waals surface area contributed by atoms with E-state index in [1.165, 1.54) is 41.6 Å². The number of hydrogen-bond acceptors (Lipinski definition) is 12. The van der Waals surface area contributed by atoms with Crippen molar-refractivity contribution >= 4 is 72.7 Å². The van der Waals surface area contributed by atoms with Crippen molar-refractivity contribution in [1.29, 1.82) is 0 Å². The van der Waals surface area contributed by atoms with Crippen molar-refractivity contribution in [3.8, 4) is 0 Å². The van der Waals surface area contributed by atoms with Gasteiger partial charge in [-0.3, -0.25) is 14.5 Å². The van der Waals surface area contributed by atoms with Crippen LogP contribution in [0.4, 0.5) is 22.9 Å². The van der Waals surface area contributed by atoms with Gasteiger partial charge in [-0.25, -0.2) is 18.4 Å². The average molecular weight is 896 g/mol. The molecule has 3 aliphatic rings. The predicted octanol–water partition coefficient (Wildman–Crippen LogP) is 9.56. The Hall–Kier alpha value is -4.57. The van der Waals surface area contributed by atoms with Crippen LogP contribution in [0.25, 0.3) is 16.5 Å². The lowest BCUT2D eigenvalue weighted by Crippen LogP contribution is -2.47. The summed E-state index contributed by atoms with van der Waals surface area (Å²) in [4.78, 5) is 29.4. The summed E-state index contributed by atoms with van der Waals surface area (Å²) < 4.78 is 35.9. The van der Waals surface area contributed by atoms with Crippen LogP contribution in [0, 0.1) is 10.3 Å². The standard InChI is InChI=1S/C47H55ClN8O4S2/c1-47(2)18-16-41(34-8-10-36(48)11-9-34)35(30-47)31-55-20-22-56(23-21-55)38-12-14-42-44(28-38)49-33-50-46(42)53-62(58,59)40-13-15-43(45(29-40)52-57)51-37(17-19-54-24-26-60-27-25-54)32-61-39-6-4-3-5-7-39/h3-15,28-29,33,37,51H,16-27,30-32H2,1-2H3,(H,49,50,53)/t37-/m1/s1. The largest absolute Gasteiger partial charge is 0.380 e. The van der Waals surface area contributed by atoms with Gasteiger partial charge in [-0.2, -0.15) is 0 Å². The molecule has 5 aromatic rings. The molecule has 0 unspecified atom stereocenters. The van der Waals surface area contributed by atoms with Crippen LogP contribution in [-0.2, 0) is 14.8 Å². The van der Waals surface area contributed by atoms with E-state index in [0.717, 1.165) is 106 Å². The highest BCUT2D eigenvalue weighted by Crippen LogP contribution is 2.43. The molecule has 62 heavy (non-hydrogen) atoms. The molecule has 0 spiro atoms. The minimum absolute atomic E-state index is 0.00826. The second-order valence-electron chi connectivity index (χ2n) is 17.2. The number of hydrogen-bond donors (Lipinski definition) is 2. The number of thioether (sulfide) groups is 1. The number of allylic oxidation sites excluding steroid dienone is 1. The number of anilines is 3. The van der Waals surface area contributed by atoms with Gasteiger partial charge >= 0.3 is 0 Å². The molecular weight excluding hydrogens is 840 g/mol. The number of nitrogens with one attached hydrogen (secondary N) is 2. The topological polar surface area (TPSA) is 132 Å². The van der Waals surface area contributed by atoms with Gasteiger partial charge in [0.1, 0.15) is 12.0 Å². The fourth-order valence-electron chi connectivity index (χ4n) is 8.68. The van der Waals surface area contributed by atoms with Crippen molar-refractivity contribution in [3.05, 3.63) is 118 Å². The molecule has 3 heterocycles. The second-order valence-corrected chi connectivity index (χ2v) is 20.4. The molecule has 15 heteroatoms. The van der Waals surface area contributed by atoms with Crippen LogP contribution >= 0.6 is 23.4 Å². The summed E-state index contributed by atoms with van der Waals surface area (Å²) in [7, 11) is -4.15. The zero-order chi connectivity index (χ0) is 43.1. The van der Waals surface area contributed by atoms with Crippen LogP contribution in [-0.4, -0.2) is 106 Å². The first kappa shape index (κ1) is 44.1. The predicted molar refractivity (Wildman–Crippen MR) is 253 cm³/mol. The lowest BCUT2D eigenvalue weighted by atomic mass is 9.73. The third-order valence-electron chi connectivity index (χ3n) is 12.2. The van der Waals surface area contributed by atoms with E-state index in [1.54, 1.807) is 17.8 Å². The van der Waals surface area contributed by atoms with Crippen molar-refractivity contribution in [2.75, 3.05) is 86.3 Å². The van der Waals surface area contributed by atoms with E-state index in [-0.39, 0.29) is 27.9 Å². The Morgan fingerprint density at radius 3 is 2.44 bits per heavy atom. The van der Waals surface area contributed by atoms with E-state index in [2.05, 4.69) is 78.0 Å². The molecule has 2 fully saturated rings. The highest BCUT2D eigenvalue weighted by molar-refractivity contribution is 7.99. The van der Waals surface area contributed by atoms with Crippen molar-refractivity contribution < 1.29 is 13.2 Å². The summed E-state index contributed by atoms with van der Waals surface area (Å²) in [5, 5.41) is 8.10. The lowest BCUT2D eigenvalue weighted by Gasteiger charge is -2.39.